The summed E-state index contributed by atoms with van der Waals surface area (Å²) in [7, 11) is -4.28. The summed E-state index contributed by atoms with van der Waals surface area (Å²) in [5, 5.41) is 2.98. The van der Waals surface area contributed by atoms with Gasteiger partial charge in [0.15, 0.2) is 0 Å². The summed E-state index contributed by atoms with van der Waals surface area (Å²) in [6.45, 7) is 3.48. The van der Waals surface area contributed by atoms with Gasteiger partial charge in [0.25, 0.3) is 10.0 Å². The first-order valence-electron chi connectivity index (χ1n) is 13.8. The molecule has 0 radical (unpaired) electrons. The fraction of sp³-hybridized carbons (Fsp3) is 0.212. The van der Waals surface area contributed by atoms with Crippen LogP contribution in [0.5, 0.6) is 0 Å². The zero-order valence-electron chi connectivity index (χ0n) is 23.9. The van der Waals surface area contributed by atoms with Crippen molar-refractivity contribution in [2.75, 3.05) is 17.4 Å². The van der Waals surface area contributed by atoms with Gasteiger partial charge in [-0.25, -0.2) is 8.42 Å². The lowest BCUT2D eigenvalue weighted by atomic mass is 10.0. The Hall–Kier alpha value is -3.85. The van der Waals surface area contributed by atoms with E-state index in [-0.39, 0.29) is 39.5 Å². The summed E-state index contributed by atoms with van der Waals surface area (Å²) in [6.07, 6.45) is 0.230. The van der Waals surface area contributed by atoms with Crippen LogP contribution in [0.4, 0.5) is 5.69 Å². The van der Waals surface area contributed by atoms with Gasteiger partial charge >= 0.3 is 0 Å². The lowest BCUT2D eigenvalue weighted by molar-refractivity contribution is -0.140. The van der Waals surface area contributed by atoms with Crippen LogP contribution < -0.4 is 9.62 Å². The highest BCUT2D eigenvalue weighted by Gasteiger charge is 2.35. The molecule has 4 aromatic carbocycles. The highest BCUT2D eigenvalue weighted by molar-refractivity contribution is 7.92. The third kappa shape index (κ3) is 7.96. The molecule has 0 aromatic heterocycles. The lowest BCUT2D eigenvalue weighted by Gasteiger charge is -2.34. The molecule has 0 unspecified atom stereocenters. The SMILES string of the molecule is CCNC(=O)[C@@H](Cc1ccccc1)N(Cc1ccccc1)C(=O)CN(c1cccc(Cl)c1Cl)S(=O)(=O)c1ccc(C)cc1. The second-order valence-electron chi connectivity index (χ2n) is 10.0. The molecule has 0 heterocycles. The molecule has 1 N–H and O–H groups in total. The minimum absolute atomic E-state index is 0.00757. The number of benzene rings is 4. The maximum Gasteiger partial charge on any atom is 0.264 e. The highest BCUT2D eigenvalue weighted by atomic mass is 35.5. The van der Waals surface area contributed by atoms with Crippen molar-refractivity contribution in [3.8, 4) is 0 Å². The van der Waals surface area contributed by atoms with E-state index in [0.717, 1.165) is 21.0 Å². The molecule has 2 amide bonds. The predicted octanol–water partition coefficient (Wildman–Crippen LogP) is 6.27. The molecule has 0 fully saturated rings. The van der Waals surface area contributed by atoms with Crippen molar-refractivity contribution in [2.24, 2.45) is 0 Å². The average molecular weight is 639 g/mol. The molecule has 4 rings (SSSR count). The molecule has 7 nitrogen and oxygen atoms in total. The quantitative estimate of drug-likeness (QED) is 0.198. The molecular weight excluding hydrogens is 605 g/mol. The van der Waals surface area contributed by atoms with Gasteiger partial charge in [-0.15, -0.1) is 0 Å². The van der Waals surface area contributed by atoms with E-state index in [1.807, 2.05) is 67.6 Å². The number of anilines is 1. The van der Waals surface area contributed by atoms with Crippen molar-refractivity contribution in [3.63, 3.8) is 0 Å². The molecule has 1 atom stereocenters. The van der Waals surface area contributed by atoms with E-state index in [2.05, 4.69) is 5.32 Å². The molecule has 0 bridgehead atoms. The van der Waals surface area contributed by atoms with E-state index < -0.39 is 28.5 Å². The molecule has 0 aliphatic rings. The minimum atomic E-state index is -4.28. The number of hydrogen-bond donors (Lipinski definition) is 1. The van der Waals surface area contributed by atoms with Crippen LogP contribution in [0.25, 0.3) is 0 Å². The van der Waals surface area contributed by atoms with Crippen LogP contribution in [0.1, 0.15) is 23.6 Å². The zero-order chi connectivity index (χ0) is 31.0. The summed E-state index contributed by atoms with van der Waals surface area (Å²) in [6, 6.07) is 28.6. The maximum absolute atomic E-state index is 14.4. The fourth-order valence-corrected chi connectivity index (χ4v) is 6.54. The zero-order valence-corrected chi connectivity index (χ0v) is 26.2. The van der Waals surface area contributed by atoms with Crippen molar-refractivity contribution in [2.45, 2.75) is 37.8 Å². The number of amides is 2. The van der Waals surface area contributed by atoms with Gasteiger partial charge in [0, 0.05) is 19.5 Å². The van der Waals surface area contributed by atoms with E-state index in [9.17, 15) is 18.0 Å². The lowest BCUT2D eigenvalue weighted by Crippen LogP contribution is -2.53. The van der Waals surface area contributed by atoms with Gasteiger partial charge in [-0.1, -0.05) is 108 Å². The number of aryl methyl sites for hydroxylation is 1. The third-order valence-corrected chi connectivity index (χ3v) is 9.49. The van der Waals surface area contributed by atoms with Crippen LogP contribution >= 0.6 is 23.2 Å². The van der Waals surface area contributed by atoms with Crippen LogP contribution in [0.2, 0.25) is 10.0 Å². The Morgan fingerprint density at radius 2 is 1.42 bits per heavy atom. The first-order valence-corrected chi connectivity index (χ1v) is 16.0. The molecule has 10 heteroatoms. The fourth-order valence-electron chi connectivity index (χ4n) is 4.66. The maximum atomic E-state index is 14.4. The Bertz CT molecular complexity index is 1650. The summed E-state index contributed by atoms with van der Waals surface area (Å²) < 4.78 is 29.2. The Labute approximate surface area is 263 Å². The van der Waals surface area contributed by atoms with Gasteiger partial charge in [0.1, 0.15) is 12.6 Å². The molecule has 224 valence electrons. The van der Waals surface area contributed by atoms with Crippen LogP contribution in [0.3, 0.4) is 0 Å². The molecule has 4 aromatic rings. The minimum Gasteiger partial charge on any atom is -0.355 e. The smallest absolute Gasteiger partial charge is 0.264 e. The van der Waals surface area contributed by atoms with Crippen LogP contribution in [-0.2, 0) is 32.6 Å². The summed E-state index contributed by atoms with van der Waals surface area (Å²) in [4.78, 5) is 29.3. The summed E-state index contributed by atoms with van der Waals surface area (Å²) in [5.41, 5.74) is 2.57. The Morgan fingerprint density at radius 3 is 2.02 bits per heavy atom. The molecule has 43 heavy (non-hydrogen) atoms. The Kier molecular flexibility index (Phi) is 10.9. The number of hydrogen-bond acceptors (Lipinski definition) is 4. The largest absolute Gasteiger partial charge is 0.355 e. The number of rotatable bonds is 12. The van der Waals surface area contributed by atoms with E-state index in [1.165, 1.54) is 23.1 Å². The summed E-state index contributed by atoms with van der Waals surface area (Å²) >= 11 is 12.8. The molecule has 0 saturated carbocycles. The van der Waals surface area contributed by atoms with Crippen molar-refractivity contribution in [1.82, 2.24) is 10.2 Å². The molecule has 0 aliphatic heterocycles. The number of nitrogens with one attached hydrogen (secondary N) is 1. The monoisotopic (exact) mass is 637 g/mol. The van der Waals surface area contributed by atoms with Gasteiger partial charge < -0.3 is 10.2 Å². The van der Waals surface area contributed by atoms with E-state index in [1.54, 1.807) is 31.2 Å². The third-order valence-electron chi connectivity index (χ3n) is 6.91. The summed E-state index contributed by atoms with van der Waals surface area (Å²) in [5.74, 6) is -0.924. The Balaban J connectivity index is 1.81. The van der Waals surface area contributed by atoms with Crippen LogP contribution in [-0.4, -0.2) is 44.3 Å². The topological polar surface area (TPSA) is 86.8 Å². The second kappa shape index (κ2) is 14.6. The predicted molar refractivity (Wildman–Crippen MR) is 172 cm³/mol. The van der Waals surface area contributed by atoms with Gasteiger partial charge in [-0.05, 0) is 49.2 Å². The number of likely N-dealkylation sites (N-methyl/N-ethyl adjacent to an activating group) is 1. The first kappa shape index (κ1) is 32.1. The van der Waals surface area contributed by atoms with Crippen molar-refractivity contribution >= 4 is 50.7 Å². The van der Waals surface area contributed by atoms with Gasteiger partial charge in [0.2, 0.25) is 11.8 Å². The second-order valence-corrected chi connectivity index (χ2v) is 12.7. The molecular formula is C33H33Cl2N3O4S. The highest BCUT2D eigenvalue weighted by Crippen LogP contribution is 2.35. The van der Waals surface area contributed by atoms with Crippen LogP contribution in [0.15, 0.2) is 108 Å². The first-order chi connectivity index (χ1) is 20.6. The van der Waals surface area contributed by atoms with E-state index in [0.29, 0.717) is 6.54 Å². The van der Waals surface area contributed by atoms with Crippen molar-refractivity contribution < 1.29 is 18.0 Å². The normalized spacial score (nSPS) is 11.9. The number of carbonyl (C=O) groups is 2. The van der Waals surface area contributed by atoms with E-state index in [4.69, 9.17) is 23.2 Å². The molecule has 0 aliphatic carbocycles. The standard InChI is InChI=1S/C33H33Cl2N3O4S/c1-3-36-33(40)30(21-25-11-6-4-7-12-25)37(22-26-13-8-5-9-14-26)31(39)23-38(29-16-10-15-28(34)32(29)35)43(41,42)27-19-17-24(2)18-20-27/h4-20,30H,3,21-23H2,1-2H3,(H,36,40)/t30-/m1/s1. The van der Waals surface area contributed by atoms with Gasteiger partial charge in [-0.3, -0.25) is 13.9 Å². The number of nitrogens with zero attached hydrogens (tertiary/aromatic N) is 2. The number of halogens is 2. The van der Waals surface area contributed by atoms with Crippen LogP contribution in [0, 0.1) is 6.92 Å². The number of sulfonamides is 1. The van der Waals surface area contributed by atoms with Crippen molar-refractivity contribution in [3.05, 3.63) is 130 Å². The van der Waals surface area contributed by atoms with E-state index >= 15 is 0 Å². The van der Waals surface area contributed by atoms with Gasteiger partial charge in [-0.2, -0.15) is 0 Å². The molecule has 0 saturated heterocycles. The Morgan fingerprint density at radius 1 is 0.814 bits per heavy atom. The number of carbonyl (C=O) groups excluding carboxylic acids is 2. The van der Waals surface area contributed by atoms with Crippen molar-refractivity contribution in [1.29, 1.82) is 0 Å². The van der Waals surface area contributed by atoms with Gasteiger partial charge in [0.05, 0.1) is 20.6 Å². The average Bonchev–Trinajstić information content (AvgIpc) is 3.00. The molecule has 0 spiro atoms.